The molecule has 1 aliphatic carbocycles. The second kappa shape index (κ2) is 6.38. The molecule has 3 rings (SSSR count). The van der Waals surface area contributed by atoms with Crippen LogP contribution in [0.15, 0.2) is 18.2 Å². The molecule has 1 aromatic carbocycles. The Labute approximate surface area is 141 Å². The summed E-state index contributed by atoms with van der Waals surface area (Å²) in [5, 5.41) is 10.9. The van der Waals surface area contributed by atoms with Gasteiger partial charge < -0.3 is 5.11 Å². The zero-order chi connectivity index (χ0) is 15.7. The van der Waals surface area contributed by atoms with E-state index >= 15 is 0 Å². The van der Waals surface area contributed by atoms with Crippen molar-refractivity contribution in [1.29, 1.82) is 0 Å². The van der Waals surface area contributed by atoms with Crippen LogP contribution < -0.4 is 0 Å². The lowest BCUT2D eigenvalue weighted by atomic mass is 9.68. The van der Waals surface area contributed by atoms with Gasteiger partial charge in [-0.2, -0.15) is 0 Å². The molecule has 0 amide bonds. The van der Waals surface area contributed by atoms with E-state index in [1.165, 1.54) is 6.42 Å². The third-order valence-corrected chi connectivity index (χ3v) is 5.86. The van der Waals surface area contributed by atoms with Crippen molar-refractivity contribution in [2.45, 2.75) is 38.6 Å². The number of rotatable bonds is 3. The number of halogens is 2. The first-order valence-electron chi connectivity index (χ1n) is 7.89. The van der Waals surface area contributed by atoms with Gasteiger partial charge in [-0.3, -0.25) is 9.69 Å². The molecule has 1 aliphatic heterocycles. The Morgan fingerprint density at radius 1 is 1.27 bits per heavy atom. The molecule has 1 aromatic rings. The number of nitrogens with zero attached hydrogens (tertiary/aromatic N) is 1. The highest BCUT2D eigenvalue weighted by Crippen LogP contribution is 2.48. The smallest absolute Gasteiger partial charge is 0.308 e. The molecule has 0 unspecified atom stereocenters. The number of hydrogen-bond acceptors (Lipinski definition) is 2. The first kappa shape index (κ1) is 16.1. The summed E-state index contributed by atoms with van der Waals surface area (Å²) >= 11 is 12.2. The molecule has 5 heteroatoms. The lowest BCUT2D eigenvalue weighted by Crippen LogP contribution is -2.36. The van der Waals surface area contributed by atoms with Crippen LogP contribution in [0.2, 0.25) is 10.0 Å². The van der Waals surface area contributed by atoms with Crippen LogP contribution in [0.3, 0.4) is 0 Å². The summed E-state index contributed by atoms with van der Waals surface area (Å²) in [7, 11) is 0. The molecular formula is C17H21Cl2NO2. The number of carbonyl (C=O) groups is 1. The van der Waals surface area contributed by atoms with Crippen LogP contribution >= 0.6 is 23.2 Å². The molecule has 120 valence electrons. The molecule has 0 bridgehead atoms. The quantitative estimate of drug-likeness (QED) is 0.882. The van der Waals surface area contributed by atoms with Gasteiger partial charge in [0.2, 0.25) is 0 Å². The summed E-state index contributed by atoms with van der Waals surface area (Å²) < 4.78 is 0. The predicted molar refractivity (Wildman–Crippen MR) is 88.4 cm³/mol. The standard InChI is InChI=1S/C17H21Cl2NO2/c18-13-5-4-12(15(19)8-13)9-20-10-14(16(21)22)17(11-20)6-2-1-3-7-17/h4-5,8,14H,1-3,6-7,9-11H2,(H,21,22)/t14-/m1/s1. The monoisotopic (exact) mass is 341 g/mol. The lowest BCUT2D eigenvalue weighted by Gasteiger charge is -2.36. The van der Waals surface area contributed by atoms with Crippen LogP contribution in [0.4, 0.5) is 0 Å². The Kier molecular flexibility index (Phi) is 4.67. The van der Waals surface area contributed by atoms with Crippen molar-refractivity contribution in [3.8, 4) is 0 Å². The van der Waals surface area contributed by atoms with Gasteiger partial charge in [0, 0.05) is 29.7 Å². The van der Waals surface area contributed by atoms with Crippen molar-refractivity contribution >= 4 is 29.2 Å². The van der Waals surface area contributed by atoms with E-state index in [0.717, 1.165) is 37.8 Å². The highest BCUT2D eigenvalue weighted by atomic mass is 35.5. The summed E-state index contributed by atoms with van der Waals surface area (Å²) in [5.41, 5.74) is 0.978. The highest BCUT2D eigenvalue weighted by molar-refractivity contribution is 6.35. The molecule has 0 radical (unpaired) electrons. The molecule has 1 heterocycles. The second-order valence-electron chi connectivity index (χ2n) is 6.72. The zero-order valence-corrected chi connectivity index (χ0v) is 14.0. The lowest BCUT2D eigenvalue weighted by molar-refractivity contribution is -0.145. The fourth-order valence-electron chi connectivity index (χ4n) is 4.19. The van der Waals surface area contributed by atoms with Gasteiger partial charge in [-0.15, -0.1) is 0 Å². The second-order valence-corrected chi connectivity index (χ2v) is 7.56. The maximum Gasteiger partial charge on any atom is 0.308 e. The Balaban J connectivity index is 1.77. The Bertz CT molecular complexity index is 570. The number of hydrogen-bond donors (Lipinski definition) is 1. The van der Waals surface area contributed by atoms with Crippen molar-refractivity contribution in [3.63, 3.8) is 0 Å². The molecule has 3 nitrogen and oxygen atoms in total. The van der Waals surface area contributed by atoms with E-state index in [1.807, 2.05) is 12.1 Å². The fraction of sp³-hybridized carbons (Fsp3) is 0.588. The fourth-order valence-corrected chi connectivity index (χ4v) is 4.65. The first-order chi connectivity index (χ1) is 10.5. The van der Waals surface area contributed by atoms with Crippen LogP contribution in [0.5, 0.6) is 0 Å². The maximum absolute atomic E-state index is 11.7. The van der Waals surface area contributed by atoms with Crippen molar-refractivity contribution < 1.29 is 9.90 Å². The van der Waals surface area contributed by atoms with Gasteiger partial charge in [0.05, 0.1) is 5.92 Å². The largest absolute Gasteiger partial charge is 0.481 e. The van der Waals surface area contributed by atoms with Crippen molar-refractivity contribution in [2.75, 3.05) is 13.1 Å². The zero-order valence-electron chi connectivity index (χ0n) is 12.5. The summed E-state index contributed by atoms with van der Waals surface area (Å²) in [6.45, 7) is 2.18. The van der Waals surface area contributed by atoms with Gasteiger partial charge in [0.1, 0.15) is 0 Å². The van der Waals surface area contributed by atoms with Gasteiger partial charge in [0.25, 0.3) is 0 Å². The van der Waals surface area contributed by atoms with E-state index in [0.29, 0.717) is 23.1 Å². The minimum Gasteiger partial charge on any atom is -0.481 e. The SMILES string of the molecule is O=C(O)[C@H]1CN(Cc2ccc(Cl)cc2Cl)CC12CCCCC2. The first-order valence-corrected chi connectivity index (χ1v) is 8.65. The summed E-state index contributed by atoms with van der Waals surface area (Å²) in [6, 6.07) is 5.52. The van der Waals surface area contributed by atoms with Gasteiger partial charge in [0.15, 0.2) is 0 Å². The van der Waals surface area contributed by atoms with Crippen molar-refractivity contribution in [2.24, 2.45) is 11.3 Å². The van der Waals surface area contributed by atoms with Gasteiger partial charge in [-0.25, -0.2) is 0 Å². The molecule has 1 spiro atoms. The van der Waals surface area contributed by atoms with E-state index < -0.39 is 5.97 Å². The van der Waals surface area contributed by atoms with Crippen LogP contribution in [0.1, 0.15) is 37.7 Å². The summed E-state index contributed by atoms with van der Waals surface area (Å²) in [4.78, 5) is 14.0. The summed E-state index contributed by atoms with van der Waals surface area (Å²) in [5.74, 6) is -0.898. The van der Waals surface area contributed by atoms with Gasteiger partial charge in [-0.05, 0) is 36.0 Å². The van der Waals surface area contributed by atoms with E-state index in [-0.39, 0.29) is 11.3 Å². The van der Waals surface area contributed by atoms with Crippen molar-refractivity contribution in [3.05, 3.63) is 33.8 Å². The van der Waals surface area contributed by atoms with Gasteiger partial charge in [-0.1, -0.05) is 48.5 Å². The minimum absolute atomic E-state index is 0.0387. The maximum atomic E-state index is 11.7. The number of benzene rings is 1. The average Bonchev–Trinajstić information content (AvgIpc) is 2.81. The van der Waals surface area contributed by atoms with Crippen molar-refractivity contribution in [1.82, 2.24) is 4.90 Å². The highest BCUT2D eigenvalue weighted by Gasteiger charge is 2.50. The van der Waals surface area contributed by atoms with Crippen LogP contribution in [0, 0.1) is 11.3 Å². The predicted octanol–water partition coefficient (Wildman–Crippen LogP) is 4.46. The molecule has 2 fully saturated rings. The molecular weight excluding hydrogens is 321 g/mol. The third-order valence-electron chi connectivity index (χ3n) is 5.27. The van der Waals surface area contributed by atoms with E-state index in [2.05, 4.69) is 4.90 Å². The molecule has 1 saturated heterocycles. The minimum atomic E-state index is -0.647. The number of likely N-dealkylation sites (tertiary alicyclic amines) is 1. The van der Waals surface area contributed by atoms with Crippen LogP contribution in [-0.2, 0) is 11.3 Å². The Hall–Kier alpha value is -0.770. The molecule has 1 saturated carbocycles. The normalized spacial score (nSPS) is 24.7. The average molecular weight is 342 g/mol. The van der Waals surface area contributed by atoms with Crippen LogP contribution in [-0.4, -0.2) is 29.1 Å². The molecule has 1 N–H and O–H groups in total. The van der Waals surface area contributed by atoms with E-state index in [9.17, 15) is 9.90 Å². The number of aliphatic carboxylic acids is 1. The molecule has 1 atom stereocenters. The molecule has 0 aromatic heterocycles. The molecule has 2 aliphatic rings. The number of carboxylic acids is 1. The number of carboxylic acid groups (broad SMARTS) is 1. The van der Waals surface area contributed by atoms with Gasteiger partial charge >= 0.3 is 5.97 Å². The summed E-state index contributed by atoms with van der Waals surface area (Å²) in [6.07, 6.45) is 5.61. The Morgan fingerprint density at radius 2 is 2.00 bits per heavy atom. The third kappa shape index (κ3) is 3.12. The Morgan fingerprint density at radius 3 is 2.64 bits per heavy atom. The van der Waals surface area contributed by atoms with E-state index in [1.54, 1.807) is 6.07 Å². The topological polar surface area (TPSA) is 40.5 Å². The van der Waals surface area contributed by atoms with Crippen LogP contribution in [0.25, 0.3) is 0 Å². The molecule has 22 heavy (non-hydrogen) atoms. The van der Waals surface area contributed by atoms with E-state index in [4.69, 9.17) is 23.2 Å².